The Labute approximate surface area is 238 Å². The molecule has 10 heteroatoms. The predicted octanol–water partition coefficient (Wildman–Crippen LogP) is 6.59. The molecule has 0 unspecified atom stereocenters. The van der Waals surface area contributed by atoms with Crippen molar-refractivity contribution in [1.82, 2.24) is 10.6 Å². The number of thiocarbonyl (C=S) groups is 2. The molecule has 0 bridgehead atoms. The maximum absolute atomic E-state index is 12.3. The Morgan fingerprint density at radius 1 is 0.703 bits per heavy atom. The Bertz CT molecular complexity index is 1100. The summed E-state index contributed by atoms with van der Waals surface area (Å²) in [5.74, 6) is 0.0126. The number of rotatable bonds is 6. The topological polar surface area (TPSA) is 82.3 Å². The van der Waals surface area contributed by atoms with Crippen LogP contribution in [0.4, 0.5) is 11.4 Å². The monoisotopic (exact) mass is 576 g/mol. The summed E-state index contributed by atoms with van der Waals surface area (Å²) in [4.78, 5) is 24.6. The van der Waals surface area contributed by atoms with Gasteiger partial charge in [0.2, 0.25) is 11.8 Å². The van der Waals surface area contributed by atoms with Gasteiger partial charge in [-0.15, -0.1) is 0 Å². The van der Waals surface area contributed by atoms with E-state index in [9.17, 15) is 9.59 Å². The van der Waals surface area contributed by atoms with Gasteiger partial charge in [-0.05, 0) is 91.9 Å². The number of hydrogen-bond donors (Lipinski definition) is 4. The summed E-state index contributed by atoms with van der Waals surface area (Å²) in [6.45, 7) is 0. The van der Waals surface area contributed by atoms with Crippen LogP contribution in [-0.2, 0) is 16.0 Å². The van der Waals surface area contributed by atoms with Crippen molar-refractivity contribution in [2.24, 2.45) is 11.8 Å². The first-order chi connectivity index (χ1) is 17.8. The van der Waals surface area contributed by atoms with Crippen molar-refractivity contribution in [2.45, 2.75) is 57.8 Å². The molecular weight excluding hydrogens is 547 g/mol. The van der Waals surface area contributed by atoms with Crippen molar-refractivity contribution in [2.75, 3.05) is 10.6 Å². The van der Waals surface area contributed by atoms with Gasteiger partial charge >= 0.3 is 0 Å². The average molecular weight is 578 g/mol. The van der Waals surface area contributed by atoms with Gasteiger partial charge < -0.3 is 21.3 Å². The third-order valence-corrected chi connectivity index (χ3v) is 7.93. The lowest BCUT2D eigenvalue weighted by Gasteiger charge is -2.15. The van der Waals surface area contributed by atoms with Crippen molar-refractivity contribution in [3.8, 4) is 0 Å². The molecule has 2 aromatic carbocycles. The normalized spacial score (nSPS) is 15.8. The third kappa shape index (κ3) is 7.87. The molecule has 4 N–H and O–H groups in total. The number of carbonyl (C=O) groups is 2. The lowest BCUT2D eigenvalue weighted by Crippen LogP contribution is -2.37. The van der Waals surface area contributed by atoms with Crippen LogP contribution in [0.5, 0.6) is 0 Å². The van der Waals surface area contributed by atoms with Gasteiger partial charge in [0, 0.05) is 11.8 Å². The van der Waals surface area contributed by atoms with Gasteiger partial charge in [0.05, 0.1) is 21.4 Å². The maximum Gasteiger partial charge on any atom is 0.229 e. The number of nitrogens with one attached hydrogen (secondary N) is 4. The number of halogens is 2. The third-order valence-electron chi connectivity index (χ3n) is 6.90. The molecule has 196 valence electrons. The van der Waals surface area contributed by atoms with Gasteiger partial charge in [-0.3, -0.25) is 9.59 Å². The lowest BCUT2D eigenvalue weighted by molar-refractivity contribution is -0.124. The lowest BCUT2D eigenvalue weighted by atomic mass is 10.0. The Morgan fingerprint density at radius 2 is 1.08 bits per heavy atom. The first-order valence-electron chi connectivity index (χ1n) is 12.6. The largest absolute Gasteiger partial charge is 0.331 e. The molecule has 0 radical (unpaired) electrons. The maximum atomic E-state index is 12.3. The fourth-order valence-electron chi connectivity index (χ4n) is 4.89. The van der Waals surface area contributed by atoms with Gasteiger partial charge in [0.25, 0.3) is 0 Å². The smallest absolute Gasteiger partial charge is 0.229 e. The number of anilines is 2. The molecule has 0 spiro atoms. The van der Waals surface area contributed by atoms with Crippen molar-refractivity contribution < 1.29 is 9.59 Å². The van der Waals surface area contributed by atoms with E-state index in [1.54, 1.807) is 0 Å². The highest BCUT2D eigenvalue weighted by Gasteiger charge is 2.24. The summed E-state index contributed by atoms with van der Waals surface area (Å²) in [6.07, 6.45) is 8.60. The van der Waals surface area contributed by atoms with Crippen molar-refractivity contribution in [3.05, 3.63) is 57.6 Å². The highest BCUT2D eigenvalue weighted by Crippen LogP contribution is 2.29. The molecule has 0 atom stereocenters. The molecule has 2 amide bonds. The average Bonchev–Trinajstić information content (AvgIpc) is 3.57. The molecule has 0 aliphatic heterocycles. The van der Waals surface area contributed by atoms with E-state index < -0.39 is 0 Å². The standard InChI is InChI=1S/C27H30Cl2N4O2S2/c28-20-14-16(9-11-22(20)30-26(36)32-24(34)18-5-1-2-6-18)13-17-10-12-23(21(29)15-17)31-27(37)33-25(35)19-7-3-4-8-19/h9-12,14-15,18-19H,1-8,13H2,(H2,30,32,34,36)(H2,31,33,35,37). The molecule has 6 nitrogen and oxygen atoms in total. The van der Waals surface area contributed by atoms with Crippen molar-refractivity contribution in [1.29, 1.82) is 0 Å². The van der Waals surface area contributed by atoms with Gasteiger partial charge in [-0.2, -0.15) is 0 Å². The van der Waals surface area contributed by atoms with Gasteiger partial charge in [-0.1, -0.05) is 61.0 Å². The van der Waals surface area contributed by atoms with Crippen LogP contribution < -0.4 is 21.3 Å². The van der Waals surface area contributed by atoms with Crippen molar-refractivity contribution >= 4 is 81.1 Å². The fourth-order valence-corrected chi connectivity index (χ4v) is 5.81. The van der Waals surface area contributed by atoms with E-state index in [-0.39, 0.29) is 33.9 Å². The van der Waals surface area contributed by atoms with E-state index in [1.807, 2.05) is 36.4 Å². The highest BCUT2D eigenvalue weighted by atomic mass is 35.5. The minimum atomic E-state index is -0.0329. The van der Waals surface area contributed by atoms with Crippen LogP contribution in [0.15, 0.2) is 36.4 Å². The van der Waals surface area contributed by atoms with Crippen LogP contribution in [0, 0.1) is 11.8 Å². The van der Waals surface area contributed by atoms with Gasteiger partial charge in [0.15, 0.2) is 10.2 Å². The molecule has 0 saturated heterocycles. The zero-order valence-electron chi connectivity index (χ0n) is 20.4. The fraction of sp³-hybridized carbons (Fsp3) is 0.407. The molecule has 2 aromatic rings. The molecule has 2 aliphatic rings. The summed E-state index contributed by atoms with van der Waals surface area (Å²) in [5, 5.41) is 13.1. The predicted molar refractivity (Wildman–Crippen MR) is 158 cm³/mol. The zero-order valence-corrected chi connectivity index (χ0v) is 23.5. The van der Waals surface area contributed by atoms with E-state index in [0.717, 1.165) is 62.5 Å². The second-order valence-corrected chi connectivity index (χ2v) is 11.3. The molecule has 4 rings (SSSR count). The van der Waals surface area contributed by atoms with Crippen molar-refractivity contribution in [3.63, 3.8) is 0 Å². The molecule has 0 aromatic heterocycles. The number of benzene rings is 2. The molecule has 0 heterocycles. The minimum absolute atomic E-state index is 0.0329. The van der Waals surface area contributed by atoms with E-state index in [1.165, 1.54) is 0 Å². The number of amides is 2. The summed E-state index contributed by atoms with van der Waals surface area (Å²) in [6, 6.07) is 11.3. The molecule has 37 heavy (non-hydrogen) atoms. The SMILES string of the molecule is O=C(NC(=S)Nc1ccc(Cc2ccc(NC(=S)NC(=O)C3CCCC3)c(Cl)c2)cc1Cl)C1CCCC1. The van der Waals surface area contributed by atoms with Crippen LogP contribution in [0.3, 0.4) is 0 Å². The summed E-state index contributed by atoms with van der Waals surface area (Å²) in [5.41, 5.74) is 3.25. The Morgan fingerprint density at radius 3 is 1.43 bits per heavy atom. The van der Waals surface area contributed by atoms with Gasteiger partial charge in [-0.25, -0.2) is 0 Å². The second-order valence-electron chi connectivity index (χ2n) is 9.65. The zero-order chi connectivity index (χ0) is 26.4. The summed E-state index contributed by atoms with van der Waals surface area (Å²) in [7, 11) is 0. The molecule has 2 saturated carbocycles. The Balaban J connectivity index is 1.30. The Kier molecular flexibility index (Phi) is 9.76. The van der Waals surface area contributed by atoms with E-state index >= 15 is 0 Å². The summed E-state index contributed by atoms with van der Waals surface area (Å²) >= 11 is 23.6. The number of carbonyl (C=O) groups excluding carboxylic acids is 2. The quantitative estimate of drug-likeness (QED) is 0.290. The van der Waals surface area contributed by atoms with Crippen LogP contribution in [0.1, 0.15) is 62.5 Å². The first kappa shape index (κ1) is 27.8. The van der Waals surface area contributed by atoms with Crippen LogP contribution in [-0.4, -0.2) is 22.0 Å². The van der Waals surface area contributed by atoms with Gasteiger partial charge in [0.1, 0.15) is 0 Å². The first-order valence-corrected chi connectivity index (χ1v) is 14.2. The van der Waals surface area contributed by atoms with Crippen LogP contribution in [0.2, 0.25) is 10.0 Å². The number of hydrogen-bond acceptors (Lipinski definition) is 4. The minimum Gasteiger partial charge on any atom is -0.331 e. The molecule has 2 aliphatic carbocycles. The van der Waals surface area contributed by atoms with Crippen LogP contribution >= 0.6 is 47.6 Å². The van der Waals surface area contributed by atoms with Crippen LogP contribution in [0.25, 0.3) is 0 Å². The summed E-state index contributed by atoms with van der Waals surface area (Å²) < 4.78 is 0. The molecular formula is C27H30Cl2N4O2S2. The Hall–Kier alpha value is -2.26. The second kappa shape index (κ2) is 13.0. The van der Waals surface area contributed by atoms with E-state index in [0.29, 0.717) is 27.8 Å². The highest BCUT2D eigenvalue weighted by molar-refractivity contribution is 7.80. The van der Waals surface area contributed by atoms with E-state index in [2.05, 4.69) is 21.3 Å². The van der Waals surface area contributed by atoms with E-state index in [4.69, 9.17) is 47.6 Å². The molecule has 2 fully saturated rings.